The Morgan fingerprint density at radius 2 is 1.83 bits per heavy atom. The van der Waals surface area contributed by atoms with E-state index in [-0.39, 0.29) is 36.3 Å². The topological polar surface area (TPSA) is 131 Å². The number of nitrogens with zero attached hydrogens (tertiary/aromatic N) is 1. The molecule has 2 aromatic carbocycles. The minimum absolute atomic E-state index is 0.0148. The van der Waals surface area contributed by atoms with Gasteiger partial charge in [-0.25, -0.2) is 13.2 Å². The number of aliphatic hydroxyl groups excluding tert-OH is 1. The van der Waals surface area contributed by atoms with Crippen molar-refractivity contribution in [2.75, 3.05) is 33.4 Å². The predicted octanol–water partition coefficient (Wildman–Crippen LogP) is 3.57. The Bertz CT molecular complexity index is 1230. The van der Waals surface area contributed by atoms with E-state index in [1.54, 1.807) is 12.1 Å². The van der Waals surface area contributed by atoms with Gasteiger partial charge in [-0.3, -0.25) is 0 Å². The lowest BCUT2D eigenvalue weighted by molar-refractivity contribution is -0.117. The molecular formula is C30H42N2O8S. The molecule has 11 heteroatoms. The molecule has 2 aromatic rings. The number of hydrogen-bond donors (Lipinski definition) is 2. The molecular weight excluding hydrogens is 548 g/mol. The van der Waals surface area contributed by atoms with Crippen LogP contribution >= 0.6 is 0 Å². The molecule has 0 aliphatic carbocycles. The van der Waals surface area contributed by atoms with Crippen LogP contribution in [-0.2, 0) is 30.7 Å². The van der Waals surface area contributed by atoms with Crippen LogP contribution in [0.2, 0.25) is 0 Å². The molecule has 41 heavy (non-hydrogen) atoms. The van der Waals surface area contributed by atoms with Crippen LogP contribution in [-0.4, -0.2) is 81.4 Å². The molecule has 1 heterocycles. The number of hydrogen-bond acceptors (Lipinski definition) is 8. The monoisotopic (exact) mass is 590 g/mol. The van der Waals surface area contributed by atoms with Gasteiger partial charge in [-0.1, -0.05) is 44.2 Å². The van der Waals surface area contributed by atoms with Gasteiger partial charge in [-0.05, 0) is 55.0 Å². The van der Waals surface area contributed by atoms with Gasteiger partial charge in [-0.2, -0.15) is 4.31 Å². The smallest absolute Gasteiger partial charge is 0.407 e. The maximum absolute atomic E-state index is 13.9. The quantitative estimate of drug-likeness (QED) is 0.322. The standard InChI is InChI=1S/C30H42N2O8S/c1-22(33)14-16-30(2,3)21-32(41(36,37)26-12-10-24(38-4)11-13-26)19-28(34)27(18-23-8-6-5-7-9-23)31-29(35)40-25-15-17-39-20-25/h5-13,25,27-28,34H,14-21H2,1-4H3,(H,31,35)/t25?,27-,28?/m0/s1. The van der Waals surface area contributed by atoms with E-state index >= 15 is 0 Å². The minimum atomic E-state index is -4.07. The van der Waals surface area contributed by atoms with Crippen molar-refractivity contribution in [1.82, 2.24) is 9.62 Å². The molecule has 0 bridgehead atoms. The molecule has 3 atom stereocenters. The predicted molar refractivity (Wildman–Crippen MR) is 154 cm³/mol. The number of sulfonamides is 1. The molecule has 226 valence electrons. The first kappa shape index (κ1) is 32.5. The van der Waals surface area contributed by atoms with Crippen LogP contribution < -0.4 is 10.1 Å². The third-order valence-electron chi connectivity index (χ3n) is 7.07. The van der Waals surface area contributed by atoms with Crippen molar-refractivity contribution < 1.29 is 37.3 Å². The number of Topliss-reactive ketones (excluding diaryl/α,β-unsaturated/α-hetero) is 1. The molecule has 10 nitrogen and oxygen atoms in total. The largest absolute Gasteiger partial charge is 0.497 e. The van der Waals surface area contributed by atoms with E-state index in [0.717, 1.165) is 5.56 Å². The van der Waals surface area contributed by atoms with Crippen LogP contribution in [0.3, 0.4) is 0 Å². The molecule has 3 rings (SSSR count). The SMILES string of the molecule is COc1ccc(S(=O)(=O)N(CC(O)[C@H](Cc2ccccc2)NC(=O)OC2CCOC2)CC(C)(C)CCC(C)=O)cc1. The second-order valence-electron chi connectivity index (χ2n) is 11.2. The fourth-order valence-electron chi connectivity index (χ4n) is 4.65. The van der Waals surface area contributed by atoms with Gasteiger partial charge in [0.1, 0.15) is 17.6 Å². The molecule has 2 unspecified atom stereocenters. The van der Waals surface area contributed by atoms with Crippen LogP contribution in [0.25, 0.3) is 0 Å². The first-order valence-corrected chi connectivity index (χ1v) is 15.2. The highest BCUT2D eigenvalue weighted by atomic mass is 32.2. The second kappa shape index (κ2) is 14.8. The molecule has 1 fully saturated rings. The van der Waals surface area contributed by atoms with Crippen molar-refractivity contribution in [3.8, 4) is 5.75 Å². The molecule has 0 aromatic heterocycles. The number of rotatable bonds is 15. The number of nitrogens with one attached hydrogen (secondary N) is 1. The number of carbonyl (C=O) groups excluding carboxylic acids is 2. The third kappa shape index (κ3) is 10.1. The summed E-state index contributed by atoms with van der Waals surface area (Å²) >= 11 is 0. The summed E-state index contributed by atoms with van der Waals surface area (Å²) in [6.07, 6.45) is -0.745. The number of ketones is 1. The van der Waals surface area contributed by atoms with Crippen molar-refractivity contribution >= 4 is 21.9 Å². The highest BCUT2D eigenvalue weighted by Gasteiger charge is 2.35. The average Bonchev–Trinajstić information content (AvgIpc) is 3.44. The maximum Gasteiger partial charge on any atom is 0.407 e. The summed E-state index contributed by atoms with van der Waals surface area (Å²) in [5.41, 5.74) is 0.279. The van der Waals surface area contributed by atoms with Crippen LogP contribution in [0.15, 0.2) is 59.5 Å². The van der Waals surface area contributed by atoms with Gasteiger partial charge in [0.2, 0.25) is 10.0 Å². The van der Waals surface area contributed by atoms with E-state index in [1.807, 2.05) is 44.2 Å². The lowest BCUT2D eigenvalue weighted by Crippen LogP contribution is -2.52. The molecule has 0 saturated carbocycles. The first-order valence-electron chi connectivity index (χ1n) is 13.8. The molecule has 1 amide bonds. The van der Waals surface area contributed by atoms with Crippen molar-refractivity contribution in [3.05, 3.63) is 60.2 Å². The Kier molecular flexibility index (Phi) is 11.7. The summed E-state index contributed by atoms with van der Waals surface area (Å²) in [6, 6.07) is 14.5. The molecule has 1 aliphatic rings. The Morgan fingerprint density at radius 3 is 2.41 bits per heavy atom. The molecule has 1 saturated heterocycles. The highest BCUT2D eigenvalue weighted by Crippen LogP contribution is 2.29. The van der Waals surface area contributed by atoms with E-state index in [9.17, 15) is 23.1 Å². The average molecular weight is 591 g/mol. The maximum atomic E-state index is 13.9. The van der Waals surface area contributed by atoms with Crippen LogP contribution in [0.4, 0.5) is 4.79 Å². The van der Waals surface area contributed by atoms with E-state index in [1.165, 1.54) is 30.5 Å². The first-order chi connectivity index (χ1) is 19.4. The zero-order valence-corrected chi connectivity index (χ0v) is 25.1. The van der Waals surface area contributed by atoms with E-state index in [2.05, 4.69) is 5.32 Å². The molecule has 0 spiro atoms. The number of benzene rings is 2. The summed E-state index contributed by atoms with van der Waals surface area (Å²) in [5, 5.41) is 14.2. The highest BCUT2D eigenvalue weighted by molar-refractivity contribution is 7.89. The number of methoxy groups -OCH3 is 1. The molecule has 2 N–H and O–H groups in total. The van der Waals surface area contributed by atoms with Gasteiger partial charge in [-0.15, -0.1) is 0 Å². The Balaban J connectivity index is 1.88. The zero-order chi connectivity index (χ0) is 30.0. The van der Waals surface area contributed by atoms with Crippen LogP contribution in [0.1, 0.15) is 45.6 Å². The number of carbonyl (C=O) groups is 2. The van der Waals surface area contributed by atoms with Gasteiger partial charge < -0.3 is 29.4 Å². The number of amides is 1. The Hall–Kier alpha value is -2.99. The second-order valence-corrected chi connectivity index (χ2v) is 13.2. The van der Waals surface area contributed by atoms with Crippen molar-refractivity contribution in [2.45, 2.75) is 69.6 Å². The molecule has 1 aliphatic heterocycles. The van der Waals surface area contributed by atoms with E-state index in [0.29, 0.717) is 38.2 Å². The third-order valence-corrected chi connectivity index (χ3v) is 8.90. The number of aliphatic hydroxyl groups is 1. The summed E-state index contributed by atoms with van der Waals surface area (Å²) in [6.45, 7) is 5.85. The summed E-state index contributed by atoms with van der Waals surface area (Å²) in [7, 11) is -2.58. The minimum Gasteiger partial charge on any atom is -0.497 e. The lowest BCUT2D eigenvalue weighted by Gasteiger charge is -2.35. The zero-order valence-electron chi connectivity index (χ0n) is 24.2. The number of alkyl carbamates (subject to hydrolysis) is 1. The fraction of sp³-hybridized carbons (Fsp3) is 0.533. The number of ether oxygens (including phenoxy) is 3. The van der Waals surface area contributed by atoms with E-state index < -0.39 is 33.7 Å². The van der Waals surface area contributed by atoms with Gasteiger partial charge in [0.15, 0.2) is 0 Å². The summed E-state index contributed by atoms with van der Waals surface area (Å²) in [5.74, 6) is 0.525. The van der Waals surface area contributed by atoms with Crippen molar-refractivity contribution in [1.29, 1.82) is 0 Å². The summed E-state index contributed by atoms with van der Waals surface area (Å²) in [4.78, 5) is 24.5. The van der Waals surface area contributed by atoms with Crippen molar-refractivity contribution in [3.63, 3.8) is 0 Å². The van der Waals surface area contributed by atoms with Gasteiger partial charge >= 0.3 is 6.09 Å². The lowest BCUT2D eigenvalue weighted by atomic mass is 9.87. The van der Waals surface area contributed by atoms with Gasteiger partial charge in [0, 0.05) is 25.9 Å². The molecule has 0 radical (unpaired) electrons. The van der Waals surface area contributed by atoms with Gasteiger partial charge in [0.05, 0.1) is 37.4 Å². The summed E-state index contributed by atoms with van der Waals surface area (Å²) < 4.78 is 44.9. The fourth-order valence-corrected chi connectivity index (χ4v) is 6.29. The van der Waals surface area contributed by atoms with Crippen molar-refractivity contribution in [2.24, 2.45) is 5.41 Å². The van der Waals surface area contributed by atoms with Crippen LogP contribution in [0, 0.1) is 5.41 Å². The van der Waals surface area contributed by atoms with Gasteiger partial charge in [0.25, 0.3) is 0 Å². The Labute approximate surface area is 243 Å². The Morgan fingerprint density at radius 1 is 1.15 bits per heavy atom. The normalized spacial score (nSPS) is 17.2. The van der Waals surface area contributed by atoms with Crippen LogP contribution in [0.5, 0.6) is 5.75 Å². The van der Waals surface area contributed by atoms with E-state index in [4.69, 9.17) is 14.2 Å².